The highest BCUT2D eigenvalue weighted by atomic mass is 16.5. The minimum Gasteiger partial charge on any atom is -0.460 e. The summed E-state index contributed by atoms with van der Waals surface area (Å²) in [5, 5.41) is 1.05. The zero-order valence-electron chi connectivity index (χ0n) is 17.4. The molecule has 0 saturated carbocycles. The molecule has 0 N–H and O–H groups in total. The van der Waals surface area contributed by atoms with E-state index in [0.717, 1.165) is 70.6 Å². The molecule has 0 fully saturated rings. The Bertz CT molecular complexity index is 1360. The molecule has 0 spiro atoms. The van der Waals surface area contributed by atoms with Crippen LogP contribution in [0.3, 0.4) is 0 Å². The van der Waals surface area contributed by atoms with Gasteiger partial charge in [0.15, 0.2) is 0 Å². The first kappa shape index (κ1) is 18.3. The van der Waals surface area contributed by atoms with Crippen molar-refractivity contribution >= 4 is 34.6 Å². The van der Waals surface area contributed by atoms with E-state index in [1.54, 1.807) is 4.57 Å². The van der Waals surface area contributed by atoms with Crippen LogP contribution < -0.4 is 10.5 Å². The number of carbonyl (C=O) groups is 1. The van der Waals surface area contributed by atoms with Gasteiger partial charge in [0.2, 0.25) is 0 Å². The zero-order valence-corrected chi connectivity index (χ0v) is 17.4. The van der Waals surface area contributed by atoms with E-state index in [1.807, 2.05) is 30.6 Å². The summed E-state index contributed by atoms with van der Waals surface area (Å²) < 4.78 is 6.91. The minimum absolute atomic E-state index is 0.0475. The van der Waals surface area contributed by atoms with E-state index in [0.29, 0.717) is 12.1 Å². The second-order valence-corrected chi connectivity index (χ2v) is 8.37. The van der Waals surface area contributed by atoms with Crippen molar-refractivity contribution < 1.29 is 9.53 Å². The van der Waals surface area contributed by atoms with Crippen LogP contribution in [0.1, 0.15) is 42.9 Å². The van der Waals surface area contributed by atoms with Crippen molar-refractivity contribution in [2.24, 2.45) is 4.99 Å². The van der Waals surface area contributed by atoms with Crippen LogP contribution in [0.2, 0.25) is 0 Å². The molecule has 2 aromatic heterocycles. The lowest BCUT2D eigenvalue weighted by molar-refractivity contribution is -0.145. The van der Waals surface area contributed by atoms with Crippen LogP contribution in [-0.2, 0) is 29.1 Å². The molecule has 5 heterocycles. The largest absolute Gasteiger partial charge is 0.460 e. The second-order valence-electron chi connectivity index (χ2n) is 8.37. The Morgan fingerprint density at radius 2 is 2.06 bits per heavy atom. The number of benzene rings is 1. The van der Waals surface area contributed by atoms with Gasteiger partial charge in [0, 0.05) is 12.1 Å². The first-order valence-corrected chi connectivity index (χ1v) is 10.8. The standard InChI is InChI=1S/C24H22N4O3/c1-2-3-4-8-27-13-25-17-6-5-7-18-21(17)23(27)15-11-28-19(22(15)26-18)9-14-10-20(29)31-12-16(14)24(28)30/h5-7,9,13H,2-4,8,10-12H2,1H3. The number of cyclic esters (lactones) is 1. The smallest absolute Gasteiger partial charge is 0.310 e. The van der Waals surface area contributed by atoms with E-state index in [9.17, 15) is 9.59 Å². The topological polar surface area (TPSA) is 76.8 Å². The number of esters is 1. The fourth-order valence-electron chi connectivity index (χ4n) is 4.91. The van der Waals surface area contributed by atoms with Crippen LogP contribution in [0.25, 0.3) is 22.3 Å². The van der Waals surface area contributed by atoms with Gasteiger partial charge in [-0.3, -0.25) is 9.59 Å². The normalized spacial score (nSPS) is 15.6. The van der Waals surface area contributed by atoms with Crippen molar-refractivity contribution in [2.45, 2.75) is 45.8 Å². The summed E-state index contributed by atoms with van der Waals surface area (Å²) in [6, 6.07) is 7.94. The van der Waals surface area contributed by atoms with Gasteiger partial charge in [-0.05, 0) is 30.2 Å². The number of hydrogen-bond acceptors (Lipinski definition) is 6. The van der Waals surface area contributed by atoms with Gasteiger partial charge in [-0.15, -0.1) is 0 Å². The van der Waals surface area contributed by atoms with Gasteiger partial charge in [-0.1, -0.05) is 25.8 Å². The number of hydrogen-bond donors (Lipinski definition) is 0. The van der Waals surface area contributed by atoms with E-state index in [-0.39, 0.29) is 24.6 Å². The highest BCUT2D eigenvalue weighted by molar-refractivity contribution is 6.11. The summed E-state index contributed by atoms with van der Waals surface area (Å²) in [5.41, 5.74) is 6.81. The number of nitrogens with zero attached hydrogens (tertiary/aromatic N) is 4. The first-order chi connectivity index (χ1) is 15.2. The van der Waals surface area contributed by atoms with Crippen LogP contribution >= 0.6 is 0 Å². The maximum absolute atomic E-state index is 13.3. The molecule has 6 rings (SSSR count). The van der Waals surface area contributed by atoms with Gasteiger partial charge >= 0.3 is 5.97 Å². The van der Waals surface area contributed by atoms with E-state index in [2.05, 4.69) is 16.8 Å². The molecule has 3 aromatic rings. The van der Waals surface area contributed by atoms with Gasteiger partial charge in [0.25, 0.3) is 5.56 Å². The van der Waals surface area contributed by atoms with Crippen molar-refractivity contribution in [1.29, 1.82) is 0 Å². The van der Waals surface area contributed by atoms with Gasteiger partial charge in [-0.25, -0.2) is 9.98 Å². The number of rotatable bonds is 4. The highest BCUT2D eigenvalue weighted by Gasteiger charge is 2.32. The fraction of sp³-hybridized carbons (Fsp3) is 0.333. The molecule has 0 saturated heterocycles. The molecule has 3 aliphatic heterocycles. The molecule has 1 aromatic carbocycles. The van der Waals surface area contributed by atoms with E-state index >= 15 is 0 Å². The molecule has 7 heteroatoms. The Labute approximate surface area is 179 Å². The maximum atomic E-state index is 13.3. The fourth-order valence-corrected chi connectivity index (χ4v) is 4.91. The number of unbranched alkanes of at least 4 members (excludes halogenated alkanes) is 2. The molecule has 31 heavy (non-hydrogen) atoms. The van der Waals surface area contributed by atoms with E-state index in [4.69, 9.17) is 9.72 Å². The maximum Gasteiger partial charge on any atom is 0.310 e. The number of ether oxygens (including phenoxy) is 1. The lowest BCUT2D eigenvalue weighted by atomic mass is 10.0. The molecule has 0 amide bonds. The highest BCUT2D eigenvalue weighted by Crippen LogP contribution is 2.45. The van der Waals surface area contributed by atoms with Crippen molar-refractivity contribution in [3.8, 4) is 11.4 Å². The third-order valence-corrected chi connectivity index (χ3v) is 6.45. The number of aromatic nitrogens is 2. The molecule has 0 bridgehead atoms. The number of fused-ring (bicyclic) bond motifs is 5. The molecule has 3 aliphatic rings. The molecule has 0 radical (unpaired) electrons. The summed E-state index contributed by atoms with van der Waals surface area (Å²) in [4.78, 5) is 36.9. The summed E-state index contributed by atoms with van der Waals surface area (Å²) in [7, 11) is 0. The average Bonchev–Trinajstić information content (AvgIpc) is 3.14. The van der Waals surface area contributed by atoms with Crippen LogP contribution in [0.4, 0.5) is 11.4 Å². The summed E-state index contributed by atoms with van der Waals surface area (Å²) in [5.74, 6) is -0.292. The third kappa shape index (κ3) is 2.65. The Morgan fingerprint density at radius 3 is 2.94 bits per heavy atom. The van der Waals surface area contributed by atoms with E-state index < -0.39 is 0 Å². The van der Waals surface area contributed by atoms with Crippen LogP contribution in [0, 0.1) is 0 Å². The molecular formula is C24H22N4O3. The lowest BCUT2D eigenvalue weighted by Crippen LogP contribution is -2.30. The van der Waals surface area contributed by atoms with Crippen LogP contribution in [-0.4, -0.2) is 28.4 Å². The number of anilines is 1. The predicted molar refractivity (Wildman–Crippen MR) is 119 cm³/mol. The third-order valence-electron chi connectivity index (χ3n) is 6.45. The molecule has 0 unspecified atom stereocenters. The Balaban J connectivity index is 1.58. The molecule has 7 nitrogen and oxygen atoms in total. The van der Waals surface area contributed by atoms with E-state index in [1.165, 1.54) is 0 Å². The number of carbonyl (C=O) groups excluding carboxylic acids is 1. The monoisotopic (exact) mass is 414 g/mol. The summed E-state index contributed by atoms with van der Waals surface area (Å²) >= 11 is 0. The van der Waals surface area contributed by atoms with Gasteiger partial charge in [0.1, 0.15) is 6.61 Å². The number of aliphatic imine (C=N–C) groups is 1. The second kappa shape index (κ2) is 6.77. The zero-order chi connectivity index (χ0) is 21.1. The summed E-state index contributed by atoms with van der Waals surface area (Å²) in [6.07, 6.45) is 5.43. The molecular weight excluding hydrogens is 392 g/mol. The van der Waals surface area contributed by atoms with Crippen LogP contribution in [0.5, 0.6) is 0 Å². The van der Waals surface area contributed by atoms with Crippen molar-refractivity contribution in [3.05, 3.63) is 51.3 Å². The Hall–Kier alpha value is -3.48. The Morgan fingerprint density at radius 1 is 1.16 bits per heavy atom. The predicted octanol–water partition coefficient (Wildman–Crippen LogP) is 3.69. The SMILES string of the molecule is CCCCCN1C=Nc2cccc3nc4c(c1c23)Cn1c-4cc2c(c1=O)COC(=O)C2. The molecule has 0 aliphatic carbocycles. The van der Waals surface area contributed by atoms with Crippen molar-refractivity contribution in [1.82, 2.24) is 9.55 Å². The van der Waals surface area contributed by atoms with Gasteiger partial charge in [-0.2, -0.15) is 0 Å². The van der Waals surface area contributed by atoms with Crippen LogP contribution in [0.15, 0.2) is 34.1 Å². The average molecular weight is 414 g/mol. The first-order valence-electron chi connectivity index (χ1n) is 10.8. The van der Waals surface area contributed by atoms with Gasteiger partial charge < -0.3 is 14.2 Å². The quantitative estimate of drug-likeness (QED) is 0.376. The number of pyridine rings is 2. The van der Waals surface area contributed by atoms with Gasteiger partial charge in [0.05, 0.1) is 58.5 Å². The lowest BCUT2D eigenvalue weighted by Gasteiger charge is -2.27. The Kier molecular flexibility index (Phi) is 4.00. The minimum atomic E-state index is -0.292. The molecule has 156 valence electrons. The van der Waals surface area contributed by atoms with Crippen molar-refractivity contribution in [2.75, 3.05) is 11.4 Å². The van der Waals surface area contributed by atoms with Crippen molar-refractivity contribution in [3.63, 3.8) is 0 Å². The summed E-state index contributed by atoms with van der Waals surface area (Å²) in [6.45, 7) is 3.59. The molecule has 0 atom stereocenters.